The van der Waals surface area contributed by atoms with Crippen LogP contribution in [0.5, 0.6) is 0 Å². The van der Waals surface area contributed by atoms with Crippen LogP contribution in [0.15, 0.2) is 5.18 Å². The van der Waals surface area contributed by atoms with Crippen LogP contribution in [0.25, 0.3) is 0 Å². The smallest absolute Gasteiger partial charge is 0.328 e. The van der Waals surface area contributed by atoms with Gasteiger partial charge in [-0.3, -0.25) is 4.79 Å². The van der Waals surface area contributed by atoms with Crippen LogP contribution < -0.4 is 5.32 Å². The van der Waals surface area contributed by atoms with Crippen molar-refractivity contribution in [2.24, 2.45) is 11.1 Å². The standard InChI is InChI=1S/C9H16N2O5/c1-5(2)3-6(11-16)8(13)10-7(4-12)9(14)15/h5-7,12H,3-4H2,1-2H3,(H,10,13)(H,14,15)/t6-,7-/m0/s1. The average Bonchev–Trinajstić information content (AvgIpc) is 2.21. The highest BCUT2D eigenvalue weighted by Gasteiger charge is 2.25. The molecule has 1 amide bonds. The molecule has 2 atom stereocenters. The molecule has 0 fully saturated rings. The lowest BCUT2D eigenvalue weighted by Gasteiger charge is -2.15. The number of carboxylic acid groups (broad SMARTS) is 1. The Morgan fingerprint density at radius 1 is 1.38 bits per heavy atom. The monoisotopic (exact) mass is 232 g/mol. The van der Waals surface area contributed by atoms with Crippen LogP contribution >= 0.6 is 0 Å². The number of hydrogen-bond acceptors (Lipinski definition) is 5. The molecule has 7 nitrogen and oxygen atoms in total. The third-order valence-corrected chi connectivity index (χ3v) is 1.92. The predicted octanol–water partition coefficient (Wildman–Crippen LogP) is -0.271. The first-order valence-corrected chi connectivity index (χ1v) is 4.88. The molecule has 0 aromatic rings. The zero-order valence-corrected chi connectivity index (χ0v) is 9.21. The van der Waals surface area contributed by atoms with Crippen molar-refractivity contribution in [3.63, 3.8) is 0 Å². The summed E-state index contributed by atoms with van der Waals surface area (Å²) in [6.07, 6.45) is 0.243. The molecule has 0 aliphatic carbocycles. The summed E-state index contributed by atoms with van der Waals surface area (Å²) in [4.78, 5) is 32.3. The SMILES string of the molecule is CC(C)C[C@H](N=O)C(=O)N[C@@H](CO)C(=O)O. The Bertz CT molecular complexity index is 267. The second kappa shape index (κ2) is 6.89. The fourth-order valence-corrected chi connectivity index (χ4v) is 1.10. The molecule has 0 rings (SSSR count). The Morgan fingerprint density at radius 3 is 2.25 bits per heavy atom. The molecule has 0 aliphatic rings. The number of amides is 1. The Morgan fingerprint density at radius 2 is 1.94 bits per heavy atom. The molecule has 0 aromatic carbocycles. The van der Waals surface area contributed by atoms with Gasteiger partial charge in [0.2, 0.25) is 5.91 Å². The van der Waals surface area contributed by atoms with Crippen molar-refractivity contribution in [3.8, 4) is 0 Å². The number of aliphatic hydroxyl groups is 1. The molecule has 7 heteroatoms. The zero-order valence-electron chi connectivity index (χ0n) is 9.21. The van der Waals surface area contributed by atoms with Gasteiger partial charge in [0.25, 0.3) is 0 Å². The minimum atomic E-state index is -1.40. The van der Waals surface area contributed by atoms with E-state index in [-0.39, 0.29) is 12.3 Å². The molecule has 0 unspecified atom stereocenters. The third-order valence-electron chi connectivity index (χ3n) is 1.92. The van der Waals surface area contributed by atoms with Crippen molar-refractivity contribution in [2.45, 2.75) is 32.4 Å². The lowest BCUT2D eigenvalue weighted by molar-refractivity contribution is -0.143. The van der Waals surface area contributed by atoms with Crippen molar-refractivity contribution in [2.75, 3.05) is 6.61 Å². The van der Waals surface area contributed by atoms with Gasteiger partial charge in [-0.1, -0.05) is 19.0 Å². The molecule has 0 spiro atoms. The molecule has 16 heavy (non-hydrogen) atoms. The van der Waals surface area contributed by atoms with E-state index in [9.17, 15) is 14.5 Å². The number of carbonyl (C=O) groups excluding carboxylic acids is 1. The van der Waals surface area contributed by atoms with Crippen LogP contribution in [0.2, 0.25) is 0 Å². The summed E-state index contributed by atoms with van der Waals surface area (Å²) in [7, 11) is 0. The van der Waals surface area contributed by atoms with Gasteiger partial charge in [-0.05, 0) is 12.3 Å². The van der Waals surface area contributed by atoms with E-state index in [1.807, 2.05) is 19.2 Å². The first-order chi connectivity index (χ1) is 7.42. The normalized spacial score (nSPS) is 14.2. The van der Waals surface area contributed by atoms with E-state index >= 15 is 0 Å². The number of nitrogens with zero attached hydrogens (tertiary/aromatic N) is 1. The average molecular weight is 232 g/mol. The van der Waals surface area contributed by atoms with Crippen LogP contribution in [-0.2, 0) is 9.59 Å². The van der Waals surface area contributed by atoms with Crippen molar-refractivity contribution < 1.29 is 19.8 Å². The van der Waals surface area contributed by atoms with E-state index < -0.39 is 30.6 Å². The molecule has 0 aromatic heterocycles. The summed E-state index contributed by atoms with van der Waals surface area (Å²) in [5.41, 5.74) is 0. The zero-order chi connectivity index (χ0) is 12.7. The van der Waals surface area contributed by atoms with Crippen molar-refractivity contribution in [1.29, 1.82) is 0 Å². The number of hydrogen-bond donors (Lipinski definition) is 3. The number of carboxylic acids is 1. The first-order valence-electron chi connectivity index (χ1n) is 4.88. The van der Waals surface area contributed by atoms with Gasteiger partial charge in [-0.25, -0.2) is 4.79 Å². The maximum Gasteiger partial charge on any atom is 0.328 e. The molecule has 0 saturated heterocycles. The van der Waals surface area contributed by atoms with Crippen LogP contribution in [0.1, 0.15) is 20.3 Å². The second-order valence-corrected chi connectivity index (χ2v) is 3.83. The van der Waals surface area contributed by atoms with Gasteiger partial charge in [0.1, 0.15) is 6.04 Å². The van der Waals surface area contributed by atoms with Gasteiger partial charge in [0.05, 0.1) is 6.61 Å². The van der Waals surface area contributed by atoms with Gasteiger partial charge in [0, 0.05) is 0 Å². The molecule has 0 radical (unpaired) electrons. The number of nitroso groups, excluding NO2 is 1. The van der Waals surface area contributed by atoms with Crippen molar-refractivity contribution in [3.05, 3.63) is 4.91 Å². The number of carbonyl (C=O) groups is 2. The molecular formula is C9H16N2O5. The molecule has 92 valence electrons. The van der Waals surface area contributed by atoms with E-state index in [1.165, 1.54) is 0 Å². The fourth-order valence-electron chi connectivity index (χ4n) is 1.10. The molecule has 3 N–H and O–H groups in total. The molecule has 0 saturated carbocycles. The summed E-state index contributed by atoms with van der Waals surface area (Å²) in [6, 6.07) is -2.52. The van der Waals surface area contributed by atoms with Crippen LogP contribution in [0.3, 0.4) is 0 Å². The van der Waals surface area contributed by atoms with Crippen LogP contribution in [-0.4, -0.2) is 40.8 Å². The molecule has 0 aliphatic heterocycles. The van der Waals surface area contributed by atoms with Gasteiger partial charge in [0.15, 0.2) is 6.04 Å². The first kappa shape index (κ1) is 14.5. The van der Waals surface area contributed by atoms with Gasteiger partial charge in [-0.2, -0.15) is 0 Å². The molecule has 0 heterocycles. The summed E-state index contributed by atoms with van der Waals surface area (Å²) in [6.45, 7) is 2.90. The Hall–Kier alpha value is -1.50. The Labute approximate surface area is 92.8 Å². The quantitative estimate of drug-likeness (QED) is 0.522. The predicted molar refractivity (Wildman–Crippen MR) is 55.7 cm³/mol. The summed E-state index contributed by atoms with van der Waals surface area (Å²) in [5.74, 6) is -2.04. The molecule has 0 bridgehead atoms. The van der Waals surface area contributed by atoms with Gasteiger partial charge in [-0.15, -0.1) is 4.91 Å². The summed E-state index contributed by atoms with van der Waals surface area (Å²) >= 11 is 0. The Kier molecular flexibility index (Phi) is 6.24. The number of nitrogens with one attached hydrogen (secondary N) is 1. The van der Waals surface area contributed by atoms with E-state index in [2.05, 4.69) is 5.18 Å². The van der Waals surface area contributed by atoms with Crippen LogP contribution in [0, 0.1) is 10.8 Å². The number of aliphatic hydroxyl groups excluding tert-OH is 1. The summed E-state index contributed by atoms with van der Waals surface area (Å²) in [5, 5.41) is 21.9. The topological polar surface area (TPSA) is 116 Å². The Balaban J connectivity index is 4.40. The van der Waals surface area contributed by atoms with E-state index in [0.29, 0.717) is 0 Å². The van der Waals surface area contributed by atoms with E-state index in [0.717, 1.165) is 0 Å². The highest BCUT2D eigenvalue weighted by Crippen LogP contribution is 2.08. The van der Waals surface area contributed by atoms with Crippen molar-refractivity contribution in [1.82, 2.24) is 5.32 Å². The maximum atomic E-state index is 11.4. The minimum absolute atomic E-state index is 0.0888. The van der Waals surface area contributed by atoms with Crippen molar-refractivity contribution >= 4 is 11.9 Å². The second-order valence-electron chi connectivity index (χ2n) is 3.83. The largest absolute Gasteiger partial charge is 0.480 e. The van der Waals surface area contributed by atoms with Gasteiger partial charge >= 0.3 is 5.97 Å². The van der Waals surface area contributed by atoms with E-state index in [1.54, 1.807) is 0 Å². The highest BCUT2D eigenvalue weighted by atomic mass is 16.4. The minimum Gasteiger partial charge on any atom is -0.480 e. The maximum absolute atomic E-state index is 11.4. The summed E-state index contributed by atoms with van der Waals surface area (Å²) < 4.78 is 0. The highest BCUT2D eigenvalue weighted by molar-refractivity contribution is 5.87. The lowest BCUT2D eigenvalue weighted by Crippen LogP contribution is -2.47. The molecular weight excluding hydrogens is 216 g/mol. The number of aliphatic carboxylic acids is 1. The van der Waals surface area contributed by atoms with E-state index in [4.69, 9.17) is 10.2 Å². The fraction of sp³-hybridized carbons (Fsp3) is 0.778. The number of rotatable bonds is 7. The van der Waals surface area contributed by atoms with Crippen LogP contribution in [0.4, 0.5) is 0 Å². The van der Waals surface area contributed by atoms with Gasteiger partial charge < -0.3 is 15.5 Å². The third kappa shape index (κ3) is 4.83. The lowest BCUT2D eigenvalue weighted by atomic mass is 10.0.